The molecule has 5 heteroatoms. The van der Waals surface area contributed by atoms with E-state index >= 15 is 0 Å². The number of carbonyl (C=O) groups excluding carboxylic acids is 1. The van der Waals surface area contributed by atoms with Gasteiger partial charge in [0.15, 0.2) is 0 Å². The summed E-state index contributed by atoms with van der Waals surface area (Å²) >= 11 is 0. The molecule has 0 spiro atoms. The zero-order valence-corrected chi connectivity index (χ0v) is 13.3. The Morgan fingerprint density at radius 3 is 2.62 bits per heavy atom. The molecule has 0 aliphatic heterocycles. The first-order valence-corrected chi connectivity index (χ1v) is 8.15. The van der Waals surface area contributed by atoms with Gasteiger partial charge in [0.05, 0.1) is 0 Å². The first-order valence-electron chi connectivity index (χ1n) is 8.15. The Kier molecular flexibility index (Phi) is 4.88. The van der Waals surface area contributed by atoms with E-state index in [2.05, 4.69) is 4.98 Å². The number of primary amides is 1. The Balaban J connectivity index is 1.81. The molecular weight excluding hydrogens is 310 g/mol. The van der Waals surface area contributed by atoms with E-state index in [1.165, 1.54) is 18.9 Å². The molecule has 1 heterocycles. The lowest BCUT2D eigenvalue weighted by molar-refractivity contribution is 0.1000. The Morgan fingerprint density at radius 2 is 2.04 bits per heavy atom. The first kappa shape index (κ1) is 16.6. The zero-order chi connectivity index (χ0) is 17.1. The molecule has 0 radical (unpaired) electrons. The molecule has 1 aliphatic rings. The third-order valence-corrected chi connectivity index (χ3v) is 4.51. The first-order chi connectivity index (χ1) is 11.5. The van der Waals surface area contributed by atoms with Crippen LogP contribution in [0.4, 0.5) is 8.78 Å². The minimum atomic E-state index is -2.55. The van der Waals surface area contributed by atoms with Crippen LogP contribution in [0.5, 0.6) is 0 Å². The number of hydrogen-bond donors (Lipinski definition) is 1. The molecule has 1 saturated carbocycles. The molecule has 0 bridgehead atoms. The molecule has 1 amide bonds. The van der Waals surface area contributed by atoms with Crippen LogP contribution >= 0.6 is 0 Å². The molecular formula is C19H20F2N2O. The van der Waals surface area contributed by atoms with Crippen LogP contribution < -0.4 is 5.73 Å². The highest BCUT2D eigenvalue weighted by molar-refractivity contribution is 5.92. The third-order valence-electron chi connectivity index (χ3n) is 4.51. The molecule has 0 saturated heterocycles. The third kappa shape index (κ3) is 4.16. The number of benzene rings is 1. The summed E-state index contributed by atoms with van der Waals surface area (Å²) in [7, 11) is 0. The van der Waals surface area contributed by atoms with Gasteiger partial charge >= 0.3 is 0 Å². The molecule has 3 nitrogen and oxygen atoms in total. The summed E-state index contributed by atoms with van der Waals surface area (Å²) in [6.07, 6.45) is 3.21. The Labute approximate surface area is 139 Å². The SMILES string of the molecule is NC(=O)c1cccc(CC(CC2CC2)c2ccc(C(F)F)nc2)c1. The second kappa shape index (κ2) is 7.07. The number of alkyl halides is 2. The van der Waals surface area contributed by atoms with Crippen LogP contribution in [0.25, 0.3) is 0 Å². The fourth-order valence-electron chi connectivity index (χ4n) is 3.02. The van der Waals surface area contributed by atoms with Gasteiger partial charge in [0.1, 0.15) is 5.69 Å². The minimum Gasteiger partial charge on any atom is -0.366 e. The lowest BCUT2D eigenvalue weighted by Crippen LogP contribution is -2.12. The van der Waals surface area contributed by atoms with E-state index in [-0.39, 0.29) is 11.6 Å². The summed E-state index contributed by atoms with van der Waals surface area (Å²) in [6.45, 7) is 0. The molecule has 1 unspecified atom stereocenters. The number of hydrogen-bond acceptors (Lipinski definition) is 2. The summed E-state index contributed by atoms with van der Waals surface area (Å²) in [5.41, 5.74) is 7.63. The smallest absolute Gasteiger partial charge is 0.280 e. The number of pyridine rings is 1. The lowest BCUT2D eigenvalue weighted by Gasteiger charge is -2.18. The van der Waals surface area contributed by atoms with Crippen molar-refractivity contribution >= 4 is 5.91 Å². The molecule has 3 rings (SSSR count). The van der Waals surface area contributed by atoms with E-state index in [4.69, 9.17) is 5.73 Å². The van der Waals surface area contributed by atoms with E-state index in [0.717, 1.165) is 24.0 Å². The molecule has 1 atom stereocenters. The predicted octanol–water partition coefficient (Wildman–Crippen LogP) is 4.24. The average molecular weight is 330 g/mol. The van der Waals surface area contributed by atoms with E-state index in [0.29, 0.717) is 11.5 Å². The summed E-state index contributed by atoms with van der Waals surface area (Å²) in [6, 6.07) is 10.4. The largest absolute Gasteiger partial charge is 0.366 e. The maximum Gasteiger partial charge on any atom is 0.280 e. The molecule has 2 aromatic rings. The molecule has 126 valence electrons. The van der Waals surface area contributed by atoms with Gasteiger partial charge in [0, 0.05) is 11.8 Å². The monoisotopic (exact) mass is 330 g/mol. The van der Waals surface area contributed by atoms with Crippen LogP contribution in [0, 0.1) is 5.92 Å². The number of aromatic nitrogens is 1. The summed E-state index contributed by atoms with van der Waals surface area (Å²) in [5, 5.41) is 0. The van der Waals surface area contributed by atoms with Crippen LogP contribution in [0.2, 0.25) is 0 Å². The molecule has 1 fully saturated rings. The topological polar surface area (TPSA) is 56.0 Å². The van der Waals surface area contributed by atoms with Crippen molar-refractivity contribution in [3.05, 3.63) is 65.0 Å². The minimum absolute atomic E-state index is 0.195. The second-order valence-electron chi connectivity index (χ2n) is 6.46. The Morgan fingerprint density at radius 1 is 1.25 bits per heavy atom. The number of nitrogens with two attached hydrogens (primary N) is 1. The van der Waals surface area contributed by atoms with E-state index < -0.39 is 12.3 Å². The fourth-order valence-corrected chi connectivity index (χ4v) is 3.02. The highest BCUT2D eigenvalue weighted by atomic mass is 19.3. The second-order valence-corrected chi connectivity index (χ2v) is 6.46. The van der Waals surface area contributed by atoms with Crippen molar-refractivity contribution in [3.8, 4) is 0 Å². The predicted molar refractivity (Wildman–Crippen MR) is 87.9 cm³/mol. The maximum atomic E-state index is 12.7. The van der Waals surface area contributed by atoms with Gasteiger partial charge < -0.3 is 5.73 Å². The van der Waals surface area contributed by atoms with Gasteiger partial charge in [0.25, 0.3) is 6.43 Å². The van der Waals surface area contributed by atoms with Gasteiger partial charge in [0.2, 0.25) is 5.91 Å². The number of rotatable bonds is 7. The van der Waals surface area contributed by atoms with Gasteiger partial charge in [-0.1, -0.05) is 31.0 Å². The van der Waals surface area contributed by atoms with Crippen LogP contribution in [0.15, 0.2) is 42.6 Å². The van der Waals surface area contributed by atoms with E-state index in [9.17, 15) is 13.6 Å². The average Bonchev–Trinajstić information content (AvgIpc) is 3.38. The highest BCUT2D eigenvalue weighted by Crippen LogP contribution is 2.40. The van der Waals surface area contributed by atoms with Crippen molar-refractivity contribution in [3.63, 3.8) is 0 Å². The quantitative estimate of drug-likeness (QED) is 0.825. The summed E-state index contributed by atoms with van der Waals surface area (Å²) < 4.78 is 25.4. The van der Waals surface area contributed by atoms with Crippen molar-refractivity contribution in [1.82, 2.24) is 4.98 Å². The van der Waals surface area contributed by atoms with Gasteiger partial charge in [-0.15, -0.1) is 0 Å². The fraction of sp³-hybridized carbons (Fsp3) is 0.368. The Hall–Kier alpha value is -2.30. The van der Waals surface area contributed by atoms with E-state index in [1.807, 2.05) is 18.2 Å². The molecule has 1 aromatic heterocycles. The van der Waals surface area contributed by atoms with Crippen LogP contribution in [-0.4, -0.2) is 10.9 Å². The number of halogens is 2. The highest BCUT2D eigenvalue weighted by Gasteiger charge is 2.27. The van der Waals surface area contributed by atoms with E-state index in [1.54, 1.807) is 18.3 Å². The molecule has 1 aliphatic carbocycles. The van der Waals surface area contributed by atoms with Crippen molar-refractivity contribution in [2.24, 2.45) is 11.7 Å². The maximum absolute atomic E-state index is 12.7. The number of amides is 1. The van der Waals surface area contributed by atoms with Crippen molar-refractivity contribution in [2.75, 3.05) is 0 Å². The van der Waals surface area contributed by atoms with Gasteiger partial charge in [-0.3, -0.25) is 9.78 Å². The standard InChI is InChI=1S/C19H20F2N2O/c20-18(21)17-7-6-15(11-23-17)16(8-12-4-5-12)10-13-2-1-3-14(9-13)19(22)24/h1-3,6-7,9,11-12,16,18H,4-5,8,10H2,(H2,22,24). The van der Waals surface area contributed by atoms with Crippen molar-refractivity contribution < 1.29 is 13.6 Å². The number of carbonyl (C=O) groups is 1. The van der Waals surface area contributed by atoms with Gasteiger partial charge in [-0.2, -0.15) is 0 Å². The summed E-state index contributed by atoms with van der Waals surface area (Å²) in [4.78, 5) is 15.2. The Bertz CT molecular complexity index is 712. The van der Waals surface area contributed by atoms with Crippen LogP contribution in [0.1, 0.15) is 58.8 Å². The molecule has 1 aromatic carbocycles. The lowest BCUT2D eigenvalue weighted by atomic mass is 9.88. The zero-order valence-electron chi connectivity index (χ0n) is 13.3. The normalized spacial score (nSPS) is 15.5. The number of nitrogens with zero attached hydrogens (tertiary/aromatic N) is 1. The van der Waals surface area contributed by atoms with Gasteiger partial charge in [-0.25, -0.2) is 8.78 Å². The summed E-state index contributed by atoms with van der Waals surface area (Å²) in [5.74, 6) is 0.461. The van der Waals surface area contributed by atoms with Gasteiger partial charge in [-0.05, 0) is 54.0 Å². The molecule has 24 heavy (non-hydrogen) atoms. The van der Waals surface area contributed by atoms with Crippen LogP contribution in [-0.2, 0) is 6.42 Å². The van der Waals surface area contributed by atoms with Crippen LogP contribution in [0.3, 0.4) is 0 Å². The van der Waals surface area contributed by atoms with Crippen molar-refractivity contribution in [2.45, 2.75) is 38.0 Å². The molecule has 2 N–H and O–H groups in total. The van der Waals surface area contributed by atoms with Crippen molar-refractivity contribution in [1.29, 1.82) is 0 Å².